The molecule has 4 nitrogen and oxygen atoms in total. The van der Waals surface area contributed by atoms with Crippen LogP contribution in [0.25, 0.3) is 5.69 Å². The van der Waals surface area contributed by atoms with Crippen molar-refractivity contribution >= 4 is 23.1 Å². The van der Waals surface area contributed by atoms with Crippen LogP contribution in [0.3, 0.4) is 0 Å². The molecule has 108 valence electrons. The maximum absolute atomic E-state index is 4.62. The SMILES string of the molecule is CCCc1nc(CSc2ncn(-c3ccccc3)n2)cs1. The van der Waals surface area contributed by atoms with Gasteiger partial charge in [-0.3, -0.25) is 0 Å². The summed E-state index contributed by atoms with van der Waals surface area (Å²) in [6.45, 7) is 2.18. The largest absolute Gasteiger partial charge is 0.245 e. The van der Waals surface area contributed by atoms with Gasteiger partial charge in [-0.25, -0.2) is 14.6 Å². The smallest absolute Gasteiger partial charge is 0.209 e. The fraction of sp³-hybridized carbons (Fsp3) is 0.267. The molecule has 0 N–H and O–H groups in total. The van der Waals surface area contributed by atoms with Crippen LogP contribution in [0.2, 0.25) is 0 Å². The summed E-state index contributed by atoms with van der Waals surface area (Å²) in [5.41, 5.74) is 2.14. The zero-order valence-electron chi connectivity index (χ0n) is 11.8. The van der Waals surface area contributed by atoms with Gasteiger partial charge in [0.2, 0.25) is 5.16 Å². The Hall–Kier alpha value is -1.66. The molecule has 3 rings (SSSR count). The van der Waals surface area contributed by atoms with E-state index in [1.165, 1.54) is 5.01 Å². The van der Waals surface area contributed by atoms with Crippen molar-refractivity contribution in [2.75, 3.05) is 0 Å². The van der Waals surface area contributed by atoms with Gasteiger partial charge in [0.1, 0.15) is 6.33 Å². The number of hydrogen-bond donors (Lipinski definition) is 0. The lowest BCUT2D eigenvalue weighted by molar-refractivity contribution is 0.834. The van der Waals surface area contributed by atoms with E-state index in [4.69, 9.17) is 0 Å². The van der Waals surface area contributed by atoms with Gasteiger partial charge in [-0.1, -0.05) is 36.9 Å². The zero-order chi connectivity index (χ0) is 14.5. The normalized spacial score (nSPS) is 10.9. The lowest BCUT2D eigenvalue weighted by Crippen LogP contribution is -1.93. The molecule has 0 aliphatic heterocycles. The molecule has 0 saturated carbocycles. The first-order chi connectivity index (χ1) is 10.3. The predicted molar refractivity (Wildman–Crippen MR) is 87.0 cm³/mol. The molecule has 6 heteroatoms. The Bertz CT molecular complexity index is 691. The lowest BCUT2D eigenvalue weighted by Gasteiger charge is -1.98. The monoisotopic (exact) mass is 316 g/mol. The van der Waals surface area contributed by atoms with Gasteiger partial charge < -0.3 is 0 Å². The molecule has 1 aromatic carbocycles. The van der Waals surface area contributed by atoms with E-state index in [1.807, 2.05) is 30.3 Å². The third-order valence-electron chi connectivity index (χ3n) is 2.90. The van der Waals surface area contributed by atoms with Gasteiger partial charge >= 0.3 is 0 Å². The topological polar surface area (TPSA) is 43.6 Å². The fourth-order valence-electron chi connectivity index (χ4n) is 1.90. The molecule has 0 unspecified atom stereocenters. The molecule has 0 bridgehead atoms. The third-order valence-corrected chi connectivity index (χ3v) is 4.75. The van der Waals surface area contributed by atoms with E-state index in [0.29, 0.717) is 0 Å². The molecule has 0 fully saturated rings. The highest BCUT2D eigenvalue weighted by Gasteiger charge is 2.06. The average Bonchev–Trinajstić information content (AvgIpc) is 3.16. The van der Waals surface area contributed by atoms with Crippen molar-refractivity contribution in [1.29, 1.82) is 0 Å². The Morgan fingerprint density at radius 3 is 2.90 bits per heavy atom. The van der Waals surface area contributed by atoms with Gasteiger partial charge in [-0.05, 0) is 25.0 Å². The highest BCUT2D eigenvalue weighted by Crippen LogP contribution is 2.21. The molecule has 0 amide bonds. The summed E-state index contributed by atoms with van der Waals surface area (Å²) >= 11 is 3.36. The van der Waals surface area contributed by atoms with Crippen LogP contribution in [0.1, 0.15) is 24.0 Å². The second kappa shape index (κ2) is 6.87. The summed E-state index contributed by atoms with van der Waals surface area (Å²) in [4.78, 5) is 8.96. The number of aryl methyl sites for hydroxylation is 1. The fourth-order valence-corrected chi connectivity index (χ4v) is 3.60. The maximum Gasteiger partial charge on any atom is 0.209 e. The molecular formula is C15H16N4S2. The van der Waals surface area contributed by atoms with Gasteiger partial charge in [-0.2, -0.15) is 0 Å². The third kappa shape index (κ3) is 3.71. The second-order valence-electron chi connectivity index (χ2n) is 4.58. The van der Waals surface area contributed by atoms with E-state index in [9.17, 15) is 0 Å². The summed E-state index contributed by atoms with van der Waals surface area (Å²) in [7, 11) is 0. The molecule has 0 aliphatic carbocycles. The Kier molecular flexibility index (Phi) is 4.67. The summed E-state index contributed by atoms with van der Waals surface area (Å²) < 4.78 is 1.80. The molecule has 2 heterocycles. The van der Waals surface area contributed by atoms with Crippen LogP contribution in [-0.4, -0.2) is 19.7 Å². The first kappa shape index (κ1) is 14.3. The second-order valence-corrected chi connectivity index (χ2v) is 6.46. The Morgan fingerprint density at radius 2 is 2.10 bits per heavy atom. The predicted octanol–water partition coefficient (Wildman–Crippen LogP) is 3.97. The molecule has 0 saturated heterocycles. The van der Waals surface area contributed by atoms with Crippen molar-refractivity contribution in [2.24, 2.45) is 0 Å². The minimum absolute atomic E-state index is 0.781. The van der Waals surface area contributed by atoms with Gasteiger partial charge in [0.15, 0.2) is 0 Å². The number of aromatic nitrogens is 4. The quantitative estimate of drug-likeness (QED) is 0.645. The van der Waals surface area contributed by atoms with Crippen molar-refractivity contribution in [2.45, 2.75) is 30.7 Å². The lowest BCUT2D eigenvalue weighted by atomic mass is 10.3. The van der Waals surface area contributed by atoms with Gasteiger partial charge in [0.05, 0.1) is 16.4 Å². The van der Waals surface area contributed by atoms with Crippen LogP contribution in [0.5, 0.6) is 0 Å². The number of nitrogens with zero attached hydrogens (tertiary/aromatic N) is 4. The van der Waals surface area contributed by atoms with Gasteiger partial charge in [0.25, 0.3) is 0 Å². The first-order valence-electron chi connectivity index (χ1n) is 6.88. The number of thioether (sulfide) groups is 1. The van der Waals surface area contributed by atoms with E-state index in [1.54, 1.807) is 34.1 Å². The Labute approximate surface area is 132 Å². The molecule has 21 heavy (non-hydrogen) atoms. The number of thiazole rings is 1. The van der Waals surface area contributed by atoms with Crippen molar-refractivity contribution in [3.05, 3.63) is 52.7 Å². The molecule has 0 spiro atoms. The van der Waals surface area contributed by atoms with E-state index >= 15 is 0 Å². The highest BCUT2D eigenvalue weighted by molar-refractivity contribution is 7.98. The standard InChI is InChI=1S/C15H16N4S2/c1-2-6-14-17-12(9-20-14)10-21-15-16-11-19(18-15)13-7-4-3-5-8-13/h3-5,7-9,11H,2,6,10H2,1H3. The van der Waals surface area contributed by atoms with Crippen LogP contribution in [0.15, 0.2) is 47.2 Å². The van der Waals surface area contributed by atoms with E-state index < -0.39 is 0 Å². The van der Waals surface area contributed by atoms with Gasteiger partial charge in [0, 0.05) is 11.1 Å². The summed E-state index contributed by atoms with van der Waals surface area (Å²) in [6, 6.07) is 10.0. The van der Waals surface area contributed by atoms with E-state index in [2.05, 4.69) is 27.4 Å². The molecule has 0 radical (unpaired) electrons. The molecular weight excluding hydrogens is 300 g/mol. The number of benzene rings is 1. The molecule has 3 aromatic rings. The molecule has 2 aromatic heterocycles. The first-order valence-corrected chi connectivity index (χ1v) is 8.75. The van der Waals surface area contributed by atoms with Gasteiger partial charge in [-0.15, -0.1) is 16.4 Å². The summed E-state index contributed by atoms with van der Waals surface area (Å²) in [5.74, 6) is 0.818. The van der Waals surface area contributed by atoms with Crippen LogP contribution < -0.4 is 0 Å². The molecule has 0 aliphatic rings. The van der Waals surface area contributed by atoms with Crippen LogP contribution in [-0.2, 0) is 12.2 Å². The average molecular weight is 316 g/mol. The van der Waals surface area contributed by atoms with E-state index in [-0.39, 0.29) is 0 Å². The Balaban J connectivity index is 1.62. The minimum Gasteiger partial charge on any atom is -0.245 e. The van der Waals surface area contributed by atoms with Crippen molar-refractivity contribution in [3.63, 3.8) is 0 Å². The van der Waals surface area contributed by atoms with Crippen LogP contribution in [0, 0.1) is 0 Å². The number of hydrogen-bond acceptors (Lipinski definition) is 5. The van der Waals surface area contributed by atoms with Crippen LogP contribution in [0.4, 0.5) is 0 Å². The number of para-hydroxylation sites is 1. The van der Waals surface area contributed by atoms with Crippen molar-refractivity contribution in [3.8, 4) is 5.69 Å². The maximum atomic E-state index is 4.62. The zero-order valence-corrected chi connectivity index (χ0v) is 13.4. The van der Waals surface area contributed by atoms with E-state index in [0.717, 1.165) is 35.1 Å². The minimum atomic E-state index is 0.781. The highest BCUT2D eigenvalue weighted by atomic mass is 32.2. The molecule has 0 atom stereocenters. The Morgan fingerprint density at radius 1 is 1.24 bits per heavy atom. The van der Waals surface area contributed by atoms with Crippen LogP contribution >= 0.6 is 23.1 Å². The van der Waals surface area contributed by atoms with Crippen molar-refractivity contribution < 1.29 is 0 Å². The summed E-state index contributed by atoms with van der Waals surface area (Å²) in [6.07, 6.45) is 3.96. The number of rotatable bonds is 6. The van der Waals surface area contributed by atoms with Crippen molar-refractivity contribution in [1.82, 2.24) is 19.7 Å². The summed E-state index contributed by atoms with van der Waals surface area (Å²) in [5, 5.41) is 8.61.